The molecule has 3 aromatic rings. The molecule has 0 aliphatic carbocycles. The molecule has 1 amide bonds. The highest BCUT2D eigenvalue weighted by atomic mass is 16.5. The normalized spacial score (nSPS) is 11.7. The Balaban J connectivity index is 1.56. The molecule has 1 N–H and O–H groups in total. The van der Waals surface area contributed by atoms with Gasteiger partial charge in [-0.1, -0.05) is 48.0 Å². The third kappa shape index (κ3) is 4.79. The second-order valence-corrected chi connectivity index (χ2v) is 6.45. The molecule has 8 nitrogen and oxygen atoms in total. The van der Waals surface area contributed by atoms with E-state index in [1.165, 1.54) is 6.92 Å². The van der Waals surface area contributed by atoms with E-state index in [9.17, 15) is 9.59 Å². The lowest BCUT2D eigenvalue weighted by Gasteiger charge is -2.14. The van der Waals surface area contributed by atoms with Gasteiger partial charge in [0.15, 0.2) is 12.6 Å². The first kappa shape index (κ1) is 19.2. The van der Waals surface area contributed by atoms with Gasteiger partial charge in [0.1, 0.15) is 0 Å². The number of nitrogens with one attached hydrogen (secondary N) is 1. The van der Waals surface area contributed by atoms with Crippen molar-refractivity contribution < 1.29 is 14.3 Å². The number of tetrazole rings is 1. The summed E-state index contributed by atoms with van der Waals surface area (Å²) in [5.41, 5.74) is 3.52. The lowest BCUT2D eigenvalue weighted by molar-refractivity contribution is -0.154. The van der Waals surface area contributed by atoms with Crippen LogP contribution in [0.5, 0.6) is 0 Å². The van der Waals surface area contributed by atoms with Gasteiger partial charge in [0.2, 0.25) is 5.82 Å². The summed E-state index contributed by atoms with van der Waals surface area (Å²) in [6.07, 6.45) is -0.952. The second-order valence-electron chi connectivity index (χ2n) is 6.45. The molecule has 0 saturated heterocycles. The molecule has 1 atom stereocenters. The zero-order chi connectivity index (χ0) is 20.1. The highest BCUT2D eigenvalue weighted by molar-refractivity contribution is 5.95. The van der Waals surface area contributed by atoms with Gasteiger partial charge in [0, 0.05) is 11.3 Å². The lowest BCUT2D eigenvalue weighted by atomic mass is 10.1. The van der Waals surface area contributed by atoms with E-state index in [0.717, 1.165) is 21.5 Å². The van der Waals surface area contributed by atoms with Gasteiger partial charge in [-0.2, -0.15) is 4.80 Å². The summed E-state index contributed by atoms with van der Waals surface area (Å²) in [5, 5.41) is 14.7. The van der Waals surface area contributed by atoms with Crippen LogP contribution in [-0.2, 0) is 20.9 Å². The quantitative estimate of drug-likeness (QED) is 0.661. The van der Waals surface area contributed by atoms with E-state index < -0.39 is 18.0 Å². The van der Waals surface area contributed by atoms with Crippen LogP contribution < -0.4 is 5.32 Å². The zero-order valence-corrected chi connectivity index (χ0v) is 15.9. The third-order valence-corrected chi connectivity index (χ3v) is 4.11. The molecular formula is C20H21N5O3. The molecule has 8 heteroatoms. The first-order valence-electron chi connectivity index (χ1n) is 8.83. The van der Waals surface area contributed by atoms with E-state index in [-0.39, 0.29) is 6.54 Å². The summed E-state index contributed by atoms with van der Waals surface area (Å²) >= 11 is 0. The van der Waals surface area contributed by atoms with Crippen LogP contribution in [0.4, 0.5) is 5.69 Å². The van der Waals surface area contributed by atoms with E-state index in [2.05, 4.69) is 20.7 Å². The standard InChI is InChI=1S/C20H21N5O3/c1-13-8-10-16(11-9-13)19-22-24-25(23-19)12-18(26)28-15(3)20(27)21-17-7-5-4-6-14(17)2/h4-11,15H,12H2,1-3H3,(H,21,27). The number of para-hydroxylation sites is 1. The van der Waals surface area contributed by atoms with Crippen molar-refractivity contribution in [1.29, 1.82) is 0 Å². The van der Waals surface area contributed by atoms with Crippen molar-refractivity contribution >= 4 is 17.6 Å². The summed E-state index contributed by atoms with van der Waals surface area (Å²) in [6.45, 7) is 5.15. The fourth-order valence-electron chi connectivity index (χ4n) is 2.48. The molecule has 0 bridgehead atoms. The smallest absolute Gasteiger partial charge is 0.330 e. The monoisotopic (exact) mass is 379 g/mol. The molecule has 0 spiro atoms. The van der Waals surface area contributed by atoms with Gasteiger partial charge in [0.05, 0.1) is 0 Å². The van der Waals surface area contributed by atoms with E-state index in [1.54, 1.807) is 6.07 Å². The Hall–Kier alpha value is -3.55. The number of hydrogen-bond donors (Lipinski definition) is 1. The van der Waals surface area contributed by atoms with Crippen LogP contribution in [0.25, 0.3) is 11.4 Å². The highest BCUT2D eigenvalue weighted by Crippen LogP contribution is 2.15. The largest absolute Gasteiger partial charge is 0.451 e. The number of anilines is 1. The van der Waals surface area contributed by atoms with Crippen LogP contribution in [0.15, 0.2) is 48.5 Å². The van der Waals surface area contributed by atoms with Gasteiger partial charge in [-0.3, -0.25) is 4.79 Å². The minimum Gasteiger partial charge on any atom is -0.451 e. The summed E-state index contributed by atoms with van der Waals surface area (Å²) in [4.78, 5) is 25.5. The number of carbonyl (C=O) groups is 2. The van der Waals surface area contributed by atoms with E-state index in [1.807, 2.05) is 56.3 Å². The maximum absolute atomic E-state index is 12.2. The summed E-state index contributed by atoms with van der Waals surface area (Å²) < 4.78 is 5.18. The number of carbonyl (C=O) groups excluding carboxylic acids is 2. The second kappa shape index (κ2) is 8.43. The average Bonchev–Trinajstić information content (AvgIpc) is 3.12. The molecule has 0 aliphatic heterocycles. The van der Waals surface area contributed by atoms with Gasteiger partial charge < -0.3 is 10.1 Å². The molecule has 1 aromatic heterocycles. The number of rotatable bonds is 6. The molecule has 0 aliphatic rings. The molecule has 2 aromatic carbocycles. The van der Waals surface area contributed by atoms with Crippen LogP contribution in [0.1, 0.15) is 18.1 Å². The predicted octanol–water partition coefficient (Wildman–Crippen LogP) is 2.53. The molecule has 28 heavy (non-hydrogen) atoms. The number of nitrogens with zero attached hydrogens (tertiary/aromatic N) is 4. The number of aromatic nitrogens is 4. The average molecular weight is 379 g/mol. The maximum Gasteiger partial charge on any atom is 0.330 e. The minimum absolute atomic E-state index is 0.235. The Morgan fingerprint density at radius 3 is 2.54 bits per heavy atom. The molecule has 0 radical (unpaired) electrons. The molecule has 144 valence electrons. The number of benzene rings is 2. The van der Waals surface area contributed by atoms with Crippen LogP contribution >= 0.6 is 0 Å². The topological polar surface area (TPSA) is 99.0 Å². The van der Waals surface area contributed by atoms with E-state index in [0.29, 0.717) is 11.5 Å². The summed E-state index contributed by atoms with van der Waals surface area (Å²) in [7, 11) is 0. The number of ether oxygens (including phenoxy) is 1. The Morgan fingerprint density at radius 2 is 1.82 bits per heavy atom. The fourth-order valence-corrected chi connectivity index (χ4v) is 2.48. The van der Waals surface area contributed by atoms with Crippen molar-refractivity contribution in [1.82, 2.24) is 20.2 Å². The summed E-state index contributed by atoms with van der Waals surface area (Å²) in [5.74, 6) is -0.618. The molecule has 0 fully saturated rings. The zero-order valence-electron chi connectivity index (χ0n) is 15.9. The minimum atomic E-state index is -0.952. The predicted molar refractivity (Wildman–Crippen MR) is 103 cm³/mol. The van der Waals surface area contributed by atoms with Crippen molar-refractivity contribution in [2.24, 2.45) is 0 Å². The van der Waals surface area contributed by atoms with Gasteiger partial charge in [0.25, 0.3) is 5.91 Å². The van der Waals surface area contributed by atoms with Gasteiger partial charge >= 0.3 is 5.97 Å². The van der Waals surface area contributed by atoms with Crippen molar-refractivity contribution in [2.45, 2.75) is 33.4 Å². The molecule has 3 rings (SSSR count). The van der Waals surface area contributed by atoms with Gasteiger partial charge in [-0.15, -0.1) is 10.2 Å². The van der Waals surface area contributed by atoms with Crippen LogP contribution in [0, 0.1) is 13.8 Å². The highest BCUT2D eigenvalue weighted by Gasteiger charge is 2.19. The number of aryl methyl sites for hydroxylation is 2. The number of amides is 1. The van der Waals surface area contributed by atoms with Crippen molar-refractivity contribution in [2.75, 3.05) is 5.32 Å². The molecule has 1 heterocycles. The Bertz CT molecular complexity index is 982. The van der Waals surface area contributed by atoms with Gasteiger partial charge in [-0.05, 0) is 37.6 Å². The van der Waals surface area contributed by atoms with Crippen LogP contribution in [0.2, 0.25) is 0 Å². The lowest BCUT2D eigenvalue weighted by Crippen LogP contribution is -2.31. The van der Waals surface area contributed by atoms with Crippen molar-refractivity contribution in [3.63, 3.8) is 0 Å². The maximum atomic E-state index is 12.2. The van der Waals surface area contributed by atoms with Gasteiger partial charge in [-0.25, -0.2) is 4.79 Å². The molecule has 1 unspecified atom stereocenters. The summed E-state index contributed by atoms with van der Waals surface area (Å²) in [6, 6.07) is 15.0. The Labute approximate surface area is 162 Å². The Morgan fingerprint density at radius 1 is 1.11 bits per heavy atom. The van der Waals surface area contributed by atoms with Crippen LogP contribution in [-0.4, -0.2) is 38.2 Å². The molecular weight excluding hydrogens is 358 g/mol. The van der Waals surface area contributed by atoms with E-state index in [4.69, 9.17) is 4.74 Å². The Kier molecular flexibility index (Phi) is 5.78. The van der Waals surface area contributed by atoms with Crippen LogP contribution in [0.3, 0.4) is 0 Å². The van der Waals surface area contributed by atoms with E-state index >= 15 is 0 Å². The third-order valence-electron chi connectivity index (χ3n) is 4.11. The van der Waals surface area contributed by atoms with Crippen molar-refractivity contribution in [3.8, 4) is 11.4 Å². The first-order chi connectivity index (χ1) is 13.4. The number of esters is 1. The SMILES string of the molecule is Cc1ccc(-c2nnn(CC(=O)OC(C)C(=O)Nc3ccccc3C)n2)cc1. The van der Waals surface area contributed by atoms with Crippen molar-refractivity contribution in [3.05, 3.63) is 59.7 Å². The number of hydrogen-bond acceptors (Lipinski definition) is 6. The first-order valence-corrected chi connectivity index (χ1v) is 8.83. The fraction of sp³-hybridized carbons (Fsp3) is 0.250. The molecule has 0 saturated carbocycles.